The summed E-state index contributed by atoms with van der Waals surface area (Å²) in [6.45, 7) is 2.61. The molecule has 0 saturated heterocycles. The van der Waals surface area contributed by atoms with Gasteiger partial charge >= 0.3 is 0 Å². The maximum atomic E-state index is 11.6. The SMILES string of the molecule is CCOCC(=O)NC1CCCC1n1ccnc1. The molecule has 1 amide bonds. The van der Waals surface area contributed by atoms with Crippen LogP contribution in [0.5, 0.6) is 0 Å². The molecular formula is C12H19N3O2. The molecule has 1 aliphatic carbocycles. The number of ether oxygens (including phenoxy) is 1. The zero-order chi connectivity index (χ0) is 12.1. The Bertz CT molecular complexity index is 351. The lowest BCUT2D eigenvalue weighted by molar-refractivity contribution is -0.126. The van der Waals surface area contributed by atoms with Gasteiger partial charge in [0.1, 0.15) is 6.61 Å². The highest BCUT2D eigenvalue weighted by Crippen LogP contribution is 2.29. The van der Waals surface area contributed by atoms with Gasteiger partial charge in [0.15, 0.2) is 0 Å². The van der Waals surface area contributed by atoms with E-state index in [9.17, 15) is 4.79 Å². The normalized spacial score (nSPS) is 23.8. The van der Waals surface area contributed by atoms with Crippen molar-refractivity contribution in [2.45, 2.75) is 38.3 Å². The smallest absolute Gasteiger partial charge is 0.246 e. The van der Waals surface area contributed by atoms with E-state index in [1.165, 1.54) is 0 Å². The van der Waals surface area contributed by atoms with Crippen molar-refractivity contribution in [2.24, 2.45) is 0 Å². The molecule has 0 bridgehead atoms. The van der Waals surface area contributed by atoms with Gasteiger partial charge in [-0.1, -0.05) is 0 Å². The minimum absolute atomic E-state index is 0.0242. The van der Waals surface area contributed by atoms with Gasteiger partial charge in [-0.15, -0.1) is 0 Å². The van der Waals surface area contributed by atoms with Crippen LogP contribution in [0.15, 0.2) is 18.7 Å². The Balaban J connectivity index is 1.89. The molecule has 0 radical (unpaired) electrons. The average Bonchev–Trinajstić information content (AvgIpc) is 2.95. The highest BCUT2D eigenvalue weighted by molar-refractivity contribution is 5.77. The highest BCUT2D eigenvalue weighted by Gasteiger charge is 2.29. The van der Waals surface area contributed by atoms with Crippen LogP contribution in [0.1, 0.15) is 32.2 Å². The van der Waals surface area contributed by atoms with Crippen molar-refractivity contribution < 1.29 is 9.53 Å². The lowest BCUT2D eigenvalue weighted by Crippen LogP contribution is -2.40. The fourth-order valence-corrected chi connectivity index (χ4v) is 2.37. The summed E-state index contributed by atoms with van der Waals surface area (Å²) >= 11 is 0. The predicted octanol–water partition coefficient (Wildman–Crippen LogP) is 1.13. The quantitative estimate of drug-likeness (QED) is 0.835. The molecule has 0 aromatic carbocycles. The minimum Gasteiger partial charge on any atom is -0.372 e. The van der Waals surface area contributed by atoms with Crippen LogP contribution in [0.4, 0.5) is 0 Å². The Morgan fingerprint density at radius 2 is 2.47 bits per heavy atom. The van der Waals surface area contributed by atoms with E-state index in [0.717, 1.165) is 19.3 Å². The number of aromatic nitrogens is 2. The molecule has 94 valence electrons. The minimum atomic E-state index is -0.0242. The van der Waals surface area contributed by atoms with Gasteiger partial charge in [0.05, 0.1) is 12.4 Å². The Morgan fingerprint density at radius 1 is 1.59 bits per heavy atom. The molecule has 2 atom stereocenters. The highest BCUT2D eigenvalue weighted by atomic mass is 16.5. The summed E-state index contributed by atoms with van der Waals surface area (Å²) in [7, 11) is 0. The number of amides is 1. The lowest BCUT2D eigenvalue weighted by atomic mass is 10.1. The summed E-state index contributed by atoms with van der Waals surface area (Å²) in [6, 6.07) is 0.542. The first-order chi connectivity index (χ1) is 8.31. The monoisotopic (exact) mass is 237 g/mol. The summed E-state index contributed by atoms with van der Waals surface area (Å²) in [5.74, 6) is -0.0242. The number of hydrogen-bond acceptors (Lipinski definition) is 3. The molecule has 1 N–H and O–H groups in total. The maximum Gasteiger partial charge on any atom is 0.246 e. The number of nitrogens with one attached hydrogen (secondary N) is 1. The Hall–Kier alpha value is -1.36. The molecule has 2 unspecified atom stereocenters. The molecule has 0 spiro atoms. The van der Waals surface area contributed by atoms with E-state index in [4.69, 9.17) is 4.74 Å². The van der Waals surface area contributed by atoms with Crippen LogP contribution < -0.4 is 5.32 Å². The molecule has 5 nitrogen and oxygen atoms in total. The molecule has 1 aliphatic rings. The molecule has 1 aromatic rings. The summed E-state index contributed by atoms with van der Waals surface area (Å²) in [6.07, 6.45) is 8.81. The Kier molecular flexibility index (Phi) is 4.14. The summed E-state index contributed by atoms with van der Waals surface area (Å²) in [5, 5.41) is 3.04. The number of hydrogen-bond donors (Lipinski definition) is 1. The van der Waals surface area contributed by atoms with Crippen molar-refractivity contribution in [1.29, 1.82) is 0 Å². The van der Waals surface area contributed by atoms with Crippen molar-refractivity contribution >= 4 is 5.91 Å². The molecular weight excluding hydrogens is 218 g/mol. The lowest BCUT2D eigenvalue weighted by Gasteiger charge is -2.22. The van der Waals surface area contributed by atoms with Crippen LogP contribution in [0.2, 0.25) is 0 Å². The van der Waals surface area contributed by atoms with E-state index in [1.54, 1.807) is 6.20 Å². The van der Waals surface area contributed by atoms with E-state index in [1.807, 2.05) is 19.4 Å². The first kappa shape index (κ1) is 12.1. The molecule has 1 saturated carbocycles. The molecule has 5 heteroatoms. The third-order valence-electron chi connectivity index (χ3n) is 3.17. The van der Waals surface area contributed by atoms with E-state index in [2.05, 4.69) is 14.9 Å². The maximum absolute atomic E-state index is 11.6. The topological polar surface area (TPSA) is 56.1 Å². The molecule has 0 aliphatic heterocycles. The third-order valence-corrected chi connectivity index (χ3v) is 3.17. The average molecular weight is 237 g/mol. The zero-order valence-corrected chi connectivity index (χ0v) is 10.1. The fourth-order valence-electron chi connectivity index (χ4n) is 2.37. The summed E-state index contributed by atoms with van der Waals surface area (Å²) in [4.78, 5) is 15.7. The second-order valence-corrected chi connectivity index (χ2v) is 4.32. The van der Waals surface area contributed by atoms with Crippen molar-refractivity contribution in [3.05, 3.63) is 18.7 Å². The van der Waals surface area contributed by atoms with Gasteiger partial charge < -0.3 is 14.6 Å². The van der Waals surface area contributed by atoms with Gasteiger partial charge in [-0.25, -0.2) is 4.98 Å². The van der Waals surface area contributed by atoms with Crippen molar-refractivity contribution in [3.63, 3.8) is 0 Å². The molecule has 1 aromatic heterocycles. The summed E-state index contributed by atoms with van der Waals surface area (Å²) in [5.41, 5.74) is 0. The third kappa shape index (κ3) is 3.06. The zero-order valence-electron chi connectivity index (χ0n) is 10.1. The standard InChI is InChI=1S/C12H19N3O2/c1-2-17-8-12(16)14-10-4-3-5-11(10)15-7-6-13-9-15/h6-7,9-11H,2-5,8H2,1H3,(H,14,16). The number of imidazole rings is 1. The molecule has 1 heterocycles. The number of rotatable bonds is 5. The first-order valence-electron chi connectivity index (χ1n) is 6.15. The first-order valence-corrected chi connectivity index (χ1v) is 6.15. The molecule has 1 fully saturated rings. The van der Waals surface area contributed by atoms with Gasteiger partial charge in [0.25, 0.3) is 0 Å². The van der Waals surface area contributed by atoms with Gasteiger partial charge in [-0.05, 0) is 26.2 Å². The Morgan fingerprint density at radius 3 is 3.18 bits per heavy atom. The fraction of sp³-hybridized carbons (Fsp3) is 0.667. The van der Waals surface area contributed by atoms with E-state index < -0.39 is 0 Å². The van der Waals surface area contributed by atoms with Crippen LogP contribution >= 0.6 is 0 Å². The number of carbonyl (C=O) groups excluding carboxylic acids is 1. The van der Waals surface area contributed by atoms with E-state index in [0.29, 0.717) is 12.6 Å². The van der Waals surface area contributed by atoms with Gasteiger partial charge in [-0.2, -0.15) is 0 Å². The molecule has 17 heavy (non-hydrogen) atoms. The van der Waals surface area contributed by atoms with E-state index >= 15 is 0 Å². The molecule has 2 rings (SSSR count). The van der Waals surface area contributed by atoms with Crippen LogP contribution in [-0.2, 0) is 9.53 Å². The predicted molar refractivity (Wildman–Crippen MR) is 63.5 cm³/mol. The van der Waals surface area contributed by atoms with Crippen LogP contribution in [0.25, 0.3) is 0 Å². The van der Waals surface area contributed by atoms with E-state index in [-0.39, 0.29) is 18.6 Å². The van der Waals surface area contributed by atoms with Gasteiger partial charge in [0, 0.05) is 25.0 Å². The van der Waals surface area contributed by atoms with Gasteiger partial charge in [-0.3, -0.25) is 4.79 Å². The second-order valence-electron chi connectivity index (χ2n) is 4.32. The van der Waals surface area contributed by atoms with Crippen LogP contribution in [0, 0.1) is 0 Å². The Labute approximate surface area is 101 Å². The van der Waals surface area contributed by atoms with Crippen molar-refractivity contribution in [3.8, 4) is 0 Å². The van der Waals surface area contributed by atoms with Gasteiger partial charge in [0.2, 0.25) is 5.91 Å². The largest absolute Gasteiger partial charge is 0.372 e. The van der Waals surface area contributed by atoms with Crippen LogP contribution in [0.3, 0.4) is 0 Å². The van der Waals surface area contributed by atoms with Crippen molar-refractivity contribution in [1.82, 2.24) is 14.9 Å². The number of carbonyl (C=O) groups is 1. The second kappa shape index (κ2) is 5.82. The van der Waals surface area contributed by atoms with Crippen LogP contribution in [-0.4, -0.2) is 34.7 Å². The summed E-state index contributed by atoms with van der Waals surface area (Å²) < 4.78 is 7.18. The van der Waals surface area contributed by atoms with Crippen molar-refractivity contribution in [2.75, 3.05) is 13.2 Å². The number of nitrogens with zero attached hydrogens (tertiary/aromatic N) is 2.